The fourth-order valence-corrected chi connectivity index (χ4v) is 4.68. The van der Waals surface area contributed by atoms with Gasteiger partial charge in [-0.3, -0.25) is 4.79 Å². The number of anilines is 1. The number of nitrogens with one attached hydrogen (secondary N) is 1. The van der Waals surface area contributed by atoms with E-state index in [1.165, 1.54) is 52.8 Å². The van der Waals surface area contributed by atoms with Crippen LogP contribution in [0.2, 0.25) is 0 Å². The summed E-state index contributed by atoms with van der Waals surface area (Å²) in [7, 11) is -3.61. The minimum absolute atomic E-state index is 0.0938. The molecule has 1 heterocycles. The SMILES string of the molecule is O=C(Nc1ccc(F)cc1)[C@H]1CCCN(S(=O)(=O)Cc2ccc(F)cc2)C1. The summed E-state index contributed by atoms with van der Waals surface area (Å²) >= 11 is 0. The third-order valence-corrected chi connectivity index (χ3v) is 6.34. The first kappa shape index (κ1) is 19.4. The van der Waals surface area contributed by atoms with Gasteiger partial charge < -0.3 is 5.32 Å². The Labute approximate surface area is 157 Å². The van der Waals surface area contributed by atoms with Crippen LogP contribution in [0.25, 0.3) is 0 Å². The van der Waals surface area contributed by atoms with Crippen LogP contribution in [0.4, 0.5) is 14.5 Å². The van der Waals surface area contributed by atoms with Gasteiger partial charge in [0.25, 0.3) is 0 Å². The number of rotatable bonds is 5. The molecule has 8 heteroatoms. The van der Waals surface area contributed by atoms with Crippen LogP contribution in [0.1, 0.15) is 18.4 Å². The summed E-state index contributed by atoms with van der Waals surface area (Å²) in [6.45, 7) is 0.445. The van der Waals surface area contributed by atoms with Gasteiger partial charge in [0, 0.05) is 18.8 Å². The number of nitrogens with zero attached hydrogens (tertiary/aromatic N) is 1. The van der Waals surface area contributed by atoms with Gasteiger partial charge in [0.15, 0.2) is 0 Å². The Morgan fingerprint density at radius 1 is 1.04 bits per heavy atom. The normalized spacial score (nSPS) is 18.2. The molecule has 0 saturated carbocycles. The van der Waals surface area contributed by atoms with Crippen LogP contribution in [0, 0.1) is 17.6 Å². The maximum absolute atomic E-state index is 13.0. The monoisotopic (exact) mass is 394 g/mol. The predicted octanol–water partition coefficient (Wildman–Crippen LogP) is 3.15. The van der Waals surface area contributed by atoms with Gasteiger partial charge in [-0.25, -0.2) is 21.5 Å². The van der Waals surface area contributed by atoms with Gasteiger partial charge in [0.05, 0.1) is 11.7 Å². The molecule has 1 amide bonds. The molecule has 27 heavy (non-hydrogen) atoms. The predicted molar refractivity (Wildman–Crippen MR) is 98.4 cm³/mol. The Kier molecular flexibility index (Phi) is 5.86. The Hall–Kier alpha value is -2.32. The molecule has 1 aliphatic rings. The highest BCUT2D eigenvalue weighted by molar-refractivity contribution is 7.88. The van der Waals surface area contributed by atoms with Crippen LogP contribution in [0.15, 0.2) is 48.5 Å². The van der Waals surface area contributed by atoms with E-state index in [2.05, 4.69) is 5.32 Å². The highest BCUT2D eigenvalue weighted by Crippen LogP contribution is 2.23. The third kappa shape index (κ3) is 5.11. The molecule has 1 fully saturated rings. The lowest BCUT2D eigenvalue weighted by atomic mass is 9.99. The first-order chi connectivity index (χ1) is 12.8. The number of hydrogen-bond donors (Lipinski definition) is 1. The van der Waals surface area contributed by atoms with E-state index in [1.807, 2.05) is 0 Å². The average Bonchev–Trinajstić information content (AvgIpc) is 2.65. The smallest absolute Gasteiger partial charge is 0.228 e. The lowest BCUT2D eigenvalue weighted by molar-refractivity contribution is -0.120. The van der Waals surface area contributed by atoms with Gasteiger partial charge in [-0.1, -0.05) is 12.1 Å². The Balaban J connectivity index is 1.64. The lowest BCUT2D eigenvalue weighted by Gasteiger charge is -2.31. The molecule has 0 bridgehead atoms. The quantitative estimate of drug-likeness (QED) is 0.847. The van der Waals surface area contributed by atoms with Crippen LogP contribution < -0.4 is 5.32 Å². The summed E-state index contributed by atoms with van der Waals surface area (Å²) < 4.78 is 52.6. The number of sulfonamides is 1. The van der Waals surface area contributed by atoms with E-state index in [0.717, 1.165) is 0 Å². The minimum atomic E-state index is -3.61. The molecule has 2 aromatic carbocycles. The summed E-state index contributed by atoms with van der Waals surface area (Å²) in [6.07, 6.45) is 1.15. The van der Waals surface area contributed by atoms with Crippen molar-refractivity contribution in [2.45, 2.75) is 18.6 Å². The Bertz CT molecular complexity index is 900. The molecule has 1 aliphatic heterocycles. The van der Waals surface area contributed by atoms with Gasteiger partial charge in [-0.15, -0.1) is 0 Å². The van der Waals surface area contributed by atoms with E-state index < -0.39 is 27.6 Å². The molecule has 0 radical (unpaired) electrons. The van der Waals surface area contributed by atoms with E-state index in [4.69, 9.17) is 0 Å². The summed E-state index contributed by atoms with van der Waals surface area (Å²) in [6, 6.07) is 10.7. The molecule has 5 nitrogen and oxygen atoms in total. The summed E-state index contributed by atoms with van der Waals surface area (Å²) in [5, 5.41) is 2.70. The molecule has 1 atom stereocenters. The van der Waals surface area contributed by atoms with Crippen molar-refractivity contribution in [3.8, 4) is 0 Å². The van der Waals surface area contributed by atoms with Gasteiger partial charge in [0.2, 0.25) is 15.9 Å². The van der Waals surface area contributed by atoms with Crippen molar-refractivity contribution in [1.82, 2.24) is 4.31 Å². The second-order valence-electron chi connectivity index (χ2n) is 6.58. The zero-order chi connectivity index (χ0) is 19.4. The summed E-state index contributed by atoms with van der Waals surface area (Å²) in [4.78, 5) is 12.5. The first-order valence-electron chi connectivity index (χ1n) is 8.62. The van der Waals surface area contributed by atoms with Crippen molar-refractivity contribution in [2.75, 3.05) is 18.4 Å². The summed E-state index contributed by atoms with van der Waals surface area (Å²) in [5.74, 6) is -1.83. The lowest BCUT2D eigenvalue weighted by Crippen LogP contribution is -2.44. The van der Waals surface area contributed by atoms with Gasteiger partial charge in [0.1, 0.15) is 11.6 Å². The fourth-order valence-electron chi connectivity index (χ4n) is 3.07. The van der Waals surface area contributed by atoms with E-state index in [9.17, 15) is 22.0 Å². The van der Waals surface area contributed by atoms with Crippen molar-refractivity contribution in [1.29, 1.82) is 0 Å². The molecule has 0 aliphatic carbocycles. The molecule has 1 N–H and O–H groups in total. The number of benzene rings is 2. The standard InChI is InChI=1S/C19H20F2N2O3S/c20-16-5-3-14(4-6-16)13-27(25,26)23-11-1-2-15(12-23)19(24)22-18-9-7-17(21)8-10-18/h3-10,15H,1-2,11-13H2,(H,22,24)/t15-/m0/s1. The maximum Gasteiger partial charge on any atom is 0.228 e. The average molecular weight is 394 g/mol. The van der Waals surface area contributed by atoms with E-state index >= 15 is 0 Å². The van der Waals surface area contributed by atoms with Crippen molar-refractivity contribution >= 4 is 21.6 Å². The number of hydrogen-bond acceptors (Lipinski definition) is 3. The number of carbonyl (C=O) groups is 1. The zero-order valence-corrected chi connectivity index (χ0v) is 15.4. The second kappa shape index (κ2) is 8.14. The molecule has 144 valence electrons. The molecule has 3 rings (SSSR count). The largest absolute Gasteiger partial charge is 0.326 e. The van der Waals surface area contributed by atoms with Crippen LogP contribution in [-0.4, -0.2) is 31.7 Å². The molecular weight excluding hydrogens is 374 g/mol. The second-order valence-corrected chi connectivity index (χ2v) is 8.54. The van der Waals surface area contributed by atoms with Crippen LogP contribution in [-0.2, 0) is 20.6 Å². The van der Waals surface area contributed by atoms with Gasteiger partial charge in [-0.05, 0) is 54.8 Å². The number of piperidine rings is 1. The molecular formula is C19H20F2N2O3S. The highest BCUT2D eigenvalue weighted by atomic mass is 32.2. The first-order valence-corrected chi connectivity index (χ1v) is 10.2. The fraction of sp³-hybridized carbons (Fsp3) is 0.316. The molecule has 0 unspecified atom stereocenters. The van der Waals surface area contributed by atoms with Crippen molar-refractivity contribution in [2.24, 2.45) is 5.92 Å². The Morgan fingerprint density at radius 2 is 1.63 bits per heavy atom. The van der Waals surface area contributed by atoms with Gasteiger partial charge in [-0.2, -0.15) is 0 Å². The van der Waals surface area contributed by atoms with Crippen LogP contribution in [0.3, 0.4) is 0 Å². The number of carbonyl (C=O) groups excluding carboxylic acids is 1. The zero-order valence-electron chi connectivity index (χ0n) is 14.6. The summed E-state index contributed by atoms with van der Waals surface area (Å²) in [5.41, 5.74) is 0.960. The highest BCUT2D eigenvalue weighted by Gasteiger charge is 2.32. The Morgan fingerprint density at radius 3 is 2.26 bits per heavy atom. The van der Waals surface area contributed by atoms with Crippen molar-refractivity contribution in [3.63, 3.8) is 0 Å². The molecule has 0 spiro atoms. The number of halogens is 2. The molecule has 0 aromatic heterocycles. The third-order valence-electron chi connectivity index (χ3n) is 4.52. The van der Waals surface area contributed by atoms with Crippen molar-refractivity contribution < 1.29 is 22.0 Å². The van der Waals surface area contributed by atoms with Gasteiger partial charge >= 0.3 is 0 Å². The van der Waals surface area contributed by atoms with E-state index in [1.54, 1.807) is 0 Å². The van der Waals surface area contributed by atoms with Crippen LogP contribution >= 0.6 is 0 Å². The molecule has 2 aromatic rings. The molecule has 1 saturated heterocycles. The van der Waals surface area contributed by atoms with E-state index in [-0.39, 0.29) is 18.2 Å². The maximum atomic E-state index is 13.0. The number of amides is 1. The van der Waals surface area contributed by atoms with Crippen LogP contribution in [0.5, 0.6) is 0 Å². The topological polar surface area (TPSA) is 66.5 Å². The van der Waals surface area contributed by atoms with E-state index in [0.29, 0.717) is 30.6 Å². The van der Waals surface area contributed by atoms with Crippen molar-refractivity contribution in [3.05, 3.63) is 65.7 Å². The minimum Gasteiger partial charge on any atom is -0.326 e.